The highest BCUT2D eigenvalue weighted by molar-refractivity contribution is 9.10. The summed E-state index contributed by atoms with van der Waals surface area (Å²) in [6.45, 7) is 0. The van der Waals surface area contributed by atoms with Gasteiger partial charge in [0.1, 0.15) is 11.3 Å². The lowest BCUT2D eigenvalue weighted by atomic mass is 9.81. The smallest absolute Gasteiger partial charge is 0.339 e. The van der Waals surface area contributed by atoms with Gasteiger partial charge >= 0.3 is 5.97 Å². The molecule has 1 aromatic carbocycles. The minimum absolute atomic E-state index is 0.101. The summed E-state index contributed by atoms with van der Waals surface area (Å²) in [4.78, 5) is 11.1. The molecule has 0 saturated heterocycles. The number of hydrogen-bond donors (Lipinski definition) is 3. The Morgan fingerprint density at radius 1 is 1.32 bits per heavy atom. The highest BCUT2D eigenvalue weighted by Crippen LogP contribution is 2.38. The molecule has 0 aromatic heterocycles. The molecule has 0 amide bonds. The number of phenols is 1. The third kappa shape index (κ3) is 3.09. The van der Waals surface area contributed by atoms with Crippen LogP contribution in [0.15, 0.2) is 16.6 Å². The first kappa shape index (κ1) is 14.3. The second kappa shape index (κ2) is 5.92. The number of rotatable bonds is 3. The van der Waals surface area contributed by atoms with Crippen LogP contribution in [-0.2, 0) is 0 Å². The maximum absolute atomic E-state index is 11.1. The second-order valence-electron chi connectivity index (χ2n) is 5.12. The van der Waals surface area contributed by atoms with Crippen LogP contribution < -0.4 is 5.73 Å². The number of hydrogen-bond acceptors (Lipinski definition) is 3. The van der Waals surface area contributed by atoms with E-state index in [2.05, 4.69) is 15.9 Å². The average molecular weight is 328 g/mol. The molecule has 5 heteroatoms. The molecule has 1 aliphatic rings. The SMILES string of the molecule is N[C@H](c1cc(Br)cc(C(=O)O)c1O)C1CCCCC1. The molecule has 0 heterocycles. The molecule has 19 heavy (non-hydrogen) atoms. The topological polar surface area (TPSA) is 83.6 Å². The zero-order valence-corrected chi connectivity index (χ0v) is 12.2. The molecule has 1 aromatic rings. The van der Waals surface area contributed by atoms with Gasteiger partial charge in [0.25, 0.3) is 0 Å². The van der Waals surface area contributed by atoms with Crippen molar-refractivity contribution in [3.05, 3.63) is 27.7 Å². The minimum atomic E-state index is -1.14. The highest BCUT2D eigenvalue weighted by Gasteiger charge is 2.26. The quantitative estimate of drug-likeness (QED) is 0.794. The predicted octanol–water partition coefficient (Wildman–Crippen LogP) is 3.43. The molecule has 1 fully saturated rings. The van der Waals surface area contributed by atoms with Gasteiger partial charge in [0.05, 0.1) is 0 Å². The molecule has 4 nitrogen and oxygen atoms in total. The number of nitrogens with two attached hydrogens (primary N) is 1. The van der Waals surface area contributed by atoms with Crippen molar-refractivity contribution in [1.82, 2.24) is 0 Å². The number of carboxylic acids is 1. The second-order valence-corrected chi connectivity index (χ2v) is 6.04. The Kier molecular flexibility index (Phi) is 4.47. The van der Waals surface area contributed by atoms with Gasteiger partial charge in [0.2, 0.25) is 0 Å². The number of aromatic hydroxyl groups is 1. The van der Waals surface area contributed by atoms with Crippen molar-refractivity contribution in [1.29, 1.82) is 0 Å². The number of aromatic carboxylic acids is 1. The molecule has 0 spiro atoms. The average Bonchev–Trinajstić information content (AvgIpc) is 2.41. The van der Waals surface area contributed by atoms with Gasteiger partial charge in [-0.2, -0.15) is 0 Å². The number of carboxylic acid groups (broad SMARTS) is 1. The van der Waals surface area contributed by atoms with E-state index < -0.39 is 5.97 Å². The van der Waals surface area contributed by atoms with Crippen LogP contribution in [0, 0.1) is 5.92 Å². The Morgan fingerprint density at radius 3 is 2.53 bits per heavy atom. The van der Waals surface area contributed by atoms with Crippen LogP contribution in [0.5, 0.6) is 5.75 Å². The van der Waals surface area contributed by atoms with Crippen molar-refractivity contribution in [3.8, 4) is 5.75 Å². The van der Waals surface area contributed by atoms with Crippen molar-refractivity contribution in [2.75, 3.05) is 0 Å². The van der Waals surface area contributed by atoms with E-state index in [9.17, 15) is 9.90 Å². The number of benzene rings is 1. The van der Waals surface area contributed by atoms with E-state index >= 15 is 0 Å². The zero-order chi connectivity index (χ0) is 14.0. The van der Waals surface area contributed by atoms with Crippen molar-refractivity contribution in [3.63, 3.8) is 0 Å². The molecular weight excluding hydrogens is 310 g/mol. The number of carbonyl (C=O) groups is 1. The monoisotopic (exact) mass is 327 g/mol. The molecule has 1 saturated carbocycles. The van der Waals surface area contributed by atoms with E-state index in [-0.39, 0.29) is 17.4 Å². The summed E-state index contributed by atoms with van der Waals surface area (Å²) >= 11 is 3.28. The molecule has 0 bridgehead atoms. The van der Waals surface area contributed by atoms with Crippen LogP contribution >= 0.6 is 15.9 Å². The normalized spacial score (nSPS) is 18.2. The Bertz CT molecular complexity index is 484. The first-order chi connectivity index (χ1) is 9.00. The van der Waals surface area contributed by atoms with Gasteiger partial charge in [-0.05, 0) is 30.9 Å². The fraction of sp³-hybridized carbons (Fsp3) is 0.500. The molecule has 4 N–H and O–H groups in total. The third-order valence-electron chi connectivity index (χ3n) is 3.85. The van der Waals surface area contributed by atoms with Crippen LogP contribution in [0.3, 0.4) is 0 Å². The van der Waals surface area contributed by atoms with Crippen LogP contribution in [0.2, 0.25) is 0 Å². The Morgan fingerprint density at radius 2 is 1.95 bits per heavy atom. The van der Waals surface area contributed by atoms with Crippen LogP contribution in [0.1, 0.15) is 54.1 Å². The summed E-state index contributed by atoms with van der Waals surface area (Å²) in [5.41, 5.74) is 6.66. The molecule has 104 valence electrons. The summed E-state index contributed by atoms with van der Waals surface area (Å²) in [5, 5.41) is 19.2. The van der Waals surface area contributed by atoms with E-state index in [1.807, 2.05) is 0 Å². The van der Waals surface area contributed by atoms with Crippen molar-refractivity contribution >= 4 is 21.9 Å². The Hall–Kier alpha value is -1.07. The lowest BCUT2D eigenvalue weighted by Gasteiger charge is -2.28. The number of halogens is 1. The summed E-state index contributed by atoms with van der Waals surface area (Å²) in [5.74, 6) is -1.03. The Labute approximate surface area is 120 Å². The van der Waals surface area contributed by atoms with E-state index in [4.69, 9.17) is 10.8 Å². The van der Waals surface area contributed by atoms with Crippen LogP contribution in [-0.4, -0.2) is 16.2 Å². The Balaban J connectivity index is 2.35. The minimum Gasteiger partial charge on any atom is -0.507 e. The molecule has 0 radical (unpaired) electrons. The summed E-state index contributed by atoms with van der Waals surface area (Å²) in [6.07, 6.45) is 5.61. The molecular formula is C14H18BrNO3. The first-order valence-corrected chi connectivity index (χ1v) is 7.31. The van der Waals surface area contributed by atoms with Gasteiger partial charge < -0.3 is 15.9 Å². The van der Waals surface area contributed by atoms with Gasteiger partial charge in [-0.1, -0.05) is 35.2 Å². The van der Waals surface area contributed by atoms with E-state index in [1.165, 1.54) is 12.5 Å². The lowest BCUT2D eigenvalue weighted by molar-refractivity contribution is 0.0693. The van der Waals surface area contributed by atoms with Gasteiger partial charge in [-0.3, -0.25) is 0 Å². The standard InChI is InChI=1S/C14H18BrNO3/c15-9-6-10(13(17)11(7-9)14(18)19)12(16)8-4-2-1-3-5-8/h6-8,12,17H,1-5,16H2,(H,18,19)/t12-/m0/s1. The van der Waals surface area contributed by atoms with Gasteiger partial charge in [-0.25, -0.2) is 4.79 Å². The predicted molar refractivity (Wildman–Crippen MR) is 76.3 cm³/mol. The van der Waals surface area contributed by atoms with Gasteiger partial charge in [-0.15, -0.1) is 0 Å². The first-order valence-electron chi connectivity index (χ1n) is 6.52. The van der Waals surface area contributed by atoms with Crippen molar-refractivity contribution < 1.29 is 15.0 Å². The van der Waals surface area contributed by atoms with E-state index in [0.717, 1.165) is 25.7 Å². The van der Waals surface area contributed by atoms with Crippen LogP contribution in [0.25, 0.3) is 0 Å². The fourth-order valence-electron chi connectivity index (χ4n) is 2.78. The fourth-order valence-corrected chi connectivity index (χ4v) is 3.26. The maximum Gasteiger partial charge on any atom is 0.339 e. The molecule has 1 atom stereocenters. The van der Waals surface area contributed by atoms with Gasteiger partial charge in [0.15, 0.2) is 0 Å². The lowest BCUT2D eigenvalue weighted by Crippen LogP contribution is -2.24. The summed E-state index contributed by atoms with van der Waals surface area (Å²) in [7, 11) is 0. The molecule has 2 rings (SSSR count). The van der Waals surface area contributed by atoms with Crippen LogP contribution in [0.4, 0.5) is 0 Å². The van der Waals surface area contributed by atoms with E-state index in [1.54, 1.807) is 6.07 Å². The molecule has 0 unspecified atom stereocenters. The third-order valence-corrected chi connectivity index (χ3v) is 4.31. The van der Waals surface area contributed by atoms with Gasteiger partial charge in [0, 0.05) is 16.1 Å². The molecule has 0 aliphatic heterocycles. The summed E-state index contributed by atoms with van der Waals surface area (Å²) in [6, 6.07) is 2.81. The van der Waals surface area contributed by atoms with Crippen molar-refractivity contribution in [2.24, 2.45) is 11.7 Å². The highest BCUT2D eigenvalue weighted by atomic mass is 79.9. The maximum atomic E-state index is 11.1. The van der Waals surface area contributed by atoms with E-state index in [0.29, 0.717) is 16.0 Å². The summed E-state index contributed by atoms with van der Waals surface area (Å²) < 4.78 is 0.629. The van der Waals surface area contributed by atoms with Crippen molar-refractivity contribution in [2.45, 2.75) is 38.1 Å². The molecule has 1 aliphatic carbocycles. The zero-order valence-electron chi connectivity index (χ0n) is 10.6. The largest absolute Gasteiger partial charge is 0.507 e.